The fraction of sp³-hybridized carbons (Fsp3) is 0.167. The molecule has 1 rings (SSSR count). The van der Waals surface area contributed by atoms with Crippen molar-refractivity contribution in [3.63, 3.8) is 0 Å². The number of carbonyl (C=O) groups excluding carboxylic acids is 2. The van der Waals surface area contributed by atoms with Gasteiger partial charge in [-0.2, -0.15) is 0 Å². The summed E-state index contributed by atoms with van der Waals surface area (Å²) in [6, 6.07) is 3.66. The average Bonchev–Trinajstić information content (AvgIpc) is 2.29. The van der Waals surface area contributed by atoms with Gasteiger partial charge in [0, 0.05) is 11.1 Å². The molecule has 1 aromatic carbocycles. The van der Waals surface area contributed by atoms with Crippen LogP contribution in [0.5, 0.6) is 0 Å². The molecule has 0 spiro atoms. The van der Waals surface area contributed by atoms with E-state index in [4.69, 9.17) is 0 Å². The number of rotatable bonds is 2. The van der Waals surface area contributed by atoms with Gasteiger partial charge in [0.2, 0.25) is 0 Å². The Labute approximate surface area is 92.2 Å². The Morgan fingerprint density at radius 1 is 1.56 bits per heavy atom. The summed E-state index contributed by atoms with van der Waals surface area (Å²) in [7, 11) is 1.25. The first-order valence-corrected chi connectivity index (χ1v) is 4.47. The molecule has 0 saturated carbocycles. The van der Waals surface area contributed by atoms with E-state index in [2.05, 4.69) is 16.6 Å². The van der Waals surface area contributed by atoms with Crippen molar-refractivity contribution in [2.75, 3.05) is 7.11 Å². The van der Waals surface area contributed by atoms with Crippen molar-refractivity contribution in [1.82, 2.24) is 0 Å². The van der Waals surface area contributed by atoms with Crippen molar-refractivity contribution in [2.45, 2.75) is 6.42 Å². The van der Waals surface area contributed by atoms with Crippen molar-refractivity contribution in [3.8, 4) is 11.8 Å². The summed E-state index contributed by atoms with van der Waals surface area (Å²) in [5.74, 6) is 4.10. The first-order valence-electron chi connectivity index (χ1n) is 4.47. The molecule has 0 amide bonds. The first-order chi connectivity index (χ1) is 7.67. The van der Waals surface area contributed by atoms with Crippen LogP contribution >= 0.6 is 0 Å². The van der Waals surface area contributed by atoms with Gasteiger partial charge < -0.3 is 4.74 Å². The number of carbonyl (C=O) groups is 2. The van der Waals surface area contributed by atoms with Gasteiger partial charge in [-0.15, -0.1) is 0 Å². The molecular weight excluding hydrogens is 211 g/mol. The van der Waals surface area contributed by atoms with Crippen LogP contribution in [0.1, 0.15) is 22.3 Å². The normalized spacial score (nSPS) is 8.88. The minimum atomic E-state index is -0.479. The van der Waals surface area contributed by atoms with Crippen molar-refractivity contribution in [1.29, 1.82) is 0 Å². The van der Waals surface area contributed by atoms with Crippen LogP contribution in [0.15, 0.2) is 18.2 Å². The molecule has 1 aromatic rings. The van der Waals surface area contributed by atoms with E-state index in [9.17, 15) is 14.0 Å². The minimum absolute atomic E-state index is 0.0920. The van der Waals surface area contributed by atoms with Crippen LogP contribution in [0.4, 0.5) is 4.39 Å². The van der Waals surface area contributed by atoms with Gasteiger partial charge in [-0.1, -0.05) is 11.8 Å². The molecule has 0 aliphatic carbocycles. The van der Waals surface area contributed by atoms with Gasteiger partial charge in [0.25, 0.3) is 0 Å². The highest BCUT2D eigenvalue weighted by molar-refractivity contribution is 5.79. The predicted molar refractivity (Wildman–Crippen MR) is 55.3 cm³/mol. The maximum atomic E-state index is 12.9. The molecule has 4 heteroatoms. The largest absolute Gasteiger partial charge is 0.468 e. The fourth-order valence-electron chi connectivity index (χ4n) is 1.02. The highest BCUT2D eigenvalue weighted by Gasteiger charge is 2.00. The summed E-state index contributed by atoms with van der Waals surface area (Å²) in [5, 5.41) is 0. The second kappa shape index (κ2) is 5.66. The Balaban J connectivity index is 2.90. The zero-order valence-electron chi connectivity index (χ0n) is 8.62. The van der Waals surface area contributed by atoms with Gasteiger partial charge in [-0.05, 0) is 18.2 Å². The number of hydrogen-bond acceptors (Lipinski definition) is 3. The molecule has 82 valence electrons. The summed E-state index contributed by atoms with van der Waals surface area (Å²) in [5.41, 5.74) is 0.553. The molecule has 3 nitrogen and oxygen atoms in total. The summed E-state index contributed by atoms with van der Waals surface area (Å²) in [6.45, 7) is 0. The maximum absolute atomic E-state index is 12.9. The number of hydrogen-bond donors (Lipinski definition) is 0. The summed E-state index contributed by atoms with van der Waals surface area (Å²) in [6.07, 6.45) is 0.493. The van der Waals surface area contributed by atoms with E-state index in [1.807, 2.05) is 0 Å². The summed E-state index contributed by atoms with van der Waals surface area (Å²) < 4.78 is 17.2. The fourth-order valence-corrected chi connectivity index (χ4v) is 1.02. The molecule has 0 saturated heterocycles. The Hall–Kier alpha value is -2.15. The minimum Gasteiger partial charge on any atom is -0.468 e. The van der Waals surface area contributed by atoms with E-state index in [1.165, 1.54) is 19.2 Å². The van der Waals surface area contributed by atoms with Gasteiger partial charge in [-0.25, -0.2) is 4.39 Å². The Bertz CT molecular complexity index is 469. The average molecular weight is 220 g/mol. The number of methoxy groups -OCH3 is 1. The molecule has 16 heavy (non-hydrogen) atoms. The number of esters is 1. The van der Waals surface area contributed by atoms with Crippen molar-refractivity contribution >= 4 is 12.3 Å². The zero-order valence-corrected chi connectivity index (χ0v) is 8.62. The SMILES string of the molecule is COC(=O)CC#Cc1cc(F)ccc1C=O. The second-order valence-corrected chi connectivity index (χ2v) is 2.90. The van der Waals surface area contributed by atoms with Crippen molar-refractivity contribution in [2.24, 2.45) is 0 Å². The Morgan fingerprint density at radius 2 is 2.31 bits per heavy atom. The zero-order chi connectivity index (χ0) is 12.0. The molecule has 0 N–H and O–H groups in total. The number of ether oxygens (including phenoxy) is 1. The monoisotopic (exact) mass is 220 g/mol. The van der Waals surface area contributed by atoms with E-state index < -0.39 is 11.8 Å². The van der Waals surface area contributed by atoms with Gasteiger partial charge in [0.15, 0.2) is 6.29 Å². The molecule has 0 aliphatic heterocycles. The third-order valence-corrected chi connectivity index (χ3v) is 1.83. The standard InChI is InChI=1S/C12H9FO3/c1-16-12(15)4-2-3-9-7-11(13)6-5-10(9)8-14/h5-8H,4H2,1H3. The molecule has 0 heterocycles. The first kappa shape index (κ1) is 11.9. The van der Waals surface area contributed by atoms with Crippen LogP contribution in [0.3, 0.4) is 0 Å². The maximum Gasteiger partial charge on any atom is 0.317 e. The molecular formula is C12H9FO3. The lowest BCUT2D eigenvalue weighted by Gasteiger charge is -1.96. The quantitative estimate of drug-likeness (QED) is 0.431. The van der Waals surface area contributed by atoms with Crippen LogP contribution in [-0.4, -0.2) is 19.4 Å². The number of halogens is 1. The Morgan fingerprint density at radius 3 is 2.94 bits per heavy atom. The summed E-state index contributed by atoms with van der Waals surface area (Å²) >= 11 is 0. The van der Waals surface area contributed by atoms with Crippen LogP contribution in [0.2, 0.25) is 0 Å². The summed E-state index contributed by atoms with van der Waals surface area (Å²) in [4.78, 5) is 21.4. The van der Waals surface area contributed by atoms with E-state index in [0.29, 0.717) is 11.8 Å². The lowest BCUT2D eigenvalue weighted by Crippen LogP contribution is -1.97. The number of benzene rings is 1. The second-order valence-electron chi connectivity index (χ2n) is 2.90. The van der Waals surface area contributed by atoms with Crippen LogP contribution < -0.4 is 0 Å². The predicted octanol–water partition coefficient (Wildman–Crippen LogP) is 1.55. The Kier molecular flexibility index (Phi) is 4.22. The van der Waals surface area contributed by atoms with Crippen molar-refractivity contribution < 1.29 is 18.7 Å². The molecule has 0 fully saturated rings. The molecule has 0 radical (unpaired) electrons. The van der Waals surface area contributed by atoms with Gasteiger partial charge in [0.1, 0.15) is 12.2 Å². The highest BCUT2D eigenvalue weighted by atomic mass is 19.1. The van der Waals surface area contributed by atoms with E-state index >= 15 is 0 Å². The van der Waals surface area contributed by atoms with Gasteiger partial charge >= 0.3 is 5.97 Å². The van der Waals surface area contributed by atoms with Crippen LogP contribution in [-0.2, 0) is 9.53 Å². The highest BCUT2D eigenvalue weighted by Crippen LogP contribution is 2.07. The lowest BCUT2D eigenvalue weighted by molar-refractivity contribution is -0.139. The van der Waals surface area contributed by atoms with E-state index in [1.54, 1.807) is 0 Å². The van der Waals surface area contributed by atoms with Gasteiger partial charge in [0.05, 0.1) is 7.11 Å². The topological polar surface area (TPSA) is 43.4 Å². The van der Waals surface area contributed by atoms with E-state index in [-0.39, 0.29) is 12.0 Å². The lowest BCUT2D eigenvalue weighted by atomic mass is 10.1. The van der Waals surface area contributed by atoms with Crippen molar-refractivity contribution in [3.05, 3.63) is 35.1 Å². The third-order valence-electron chi connectivity index (χ3n) is 1.83. The van der Waals surface area contributed by atoms with Gasteiger partial charge in [-0.3, -0.25) is 9.59 Å². The van der Waals surface area contributed by atoms with Crippen LogP contribution in [0, 0.1) is 17.7 Å². The third kappa shape index (κ3) is 3.21. The van der Waals surface area contributed by atoms with Crippen LogP contribution in [0.25, 0.3) is 0 Å². The van der Waals surface area contributed by atoms with E-state index in [0.717, 1.165) is 6.07 Å². The molecule has 0 unspecified atom stereocenters. The smallest absolute Gasteiger partial charge is 0.317 e. The molecule has 0 bridgehead atoms. The molecule has 0 atom stereocenters. The molecule has 0 aliphatic rings. The molecule has 0 aromatic heterocycles. The number of aldehydes is 1.